The molecule has 4 rings (SSSR count). The number of nitrogens with one attached hydrogen (secondary N) is 3. The van der Waals surface area contributed by atoms with E-state index in [1.165, 1.54) is 0 Å². The maximum absolute atomic E-state index is 12.1. The number of unbranched alkanes of at least 4 members (excludes halogenated alkanes) is 1. The number of carbonyl (C=O) groups is 2. The number of anilines is 1. The average molecular weight is 419 g/mol. The number of hydrogen-bond acceptors (Lipinski definition) is 5. The Hall–Kier alpha value is -3.75. The third kappa shape index (κ3) is 4.55. The average Bonchev–Trinajstić information content (AvgIpc) is 3.21. The van der Waals surface area contributed by atoms with Gasteiger partial charge < -0.3 is 16.0 Å². The standard InChI is InChI=1S/C22H25N7O2/c1-3-4-8-25-22(31)26-15-6-5-14(2)16(12-15)20-23-9-7-17(27-20)18-13-19-21(30)24-10-11-29(19)28-18/h5-7,9,12-13H,3-4,8,10-11H2,1-2H3,(H,24,30)(H2,25,26,31). The van der Waals surface area contributed by atoms with Crippen LogP contribution in [0.15, 0.2) is 36.5 Å². The molecule has 9 nitrogen and oxygen atoms in total. The number of rotatable bonds is 6. The van der Waals surface area contributed by atoms with Crippen molar-refractivity contribution in [3.8, 4) is 22.8 Å². The van der Waals surface area contributed by atoms with Gasteiger partial charge in [-0.25, -0.2) is 14.8 Å². The van der Waals surface area contributed by atoms with E-state index in [0.717, 1.165) is 24.0 Å². The lowest BCUT2D eigenvalue weighted by molar-refractivity contribution is 0.0924. The van der Waals surface area contributed by atoms with Gasteiger partial charge in [0.25, 0.3) is 5.91 Å². The number of amides is 3. The van der Waals surface area contributed by atoms with Gasteiger partial charge in [0.2, 0.25) is 0 Å². The predicted octanol–water partition coefficient (Wildman–Crippen LogP) is 2.98. The minimum atomic E-state index is -0.236. The van der Waals surface area contributed by atoms with Crippen molar-refractivity contribution < 1.29 is 9.59 Å². The Kier molecular flexibility index (Phi) is 5.92. The highest BCUT2D eigenvalue weighted by Gasteiger charge is 2.20. The summed E-state index contributed by atoms with van der Waals surface area (Å²) in [5, 5.41) is 13.0. The minimum Gasteiger partial charge on any atom is -0.349 e. The molecule has 0 saturated heterocycles. The van der Waals surface area contributed by atoms with Crippen molar-refractivity contribution in [2.45, 2.75) is 33.2 Å². The zero-order chi connectivity index (χ0) is 21.8. The number of benzene rings is 1. The summed E-state index contributed by atoms with van der Waals surface area (Å²) in [5.74, 6) is 0.395. The molecule has 0 bridgehead atoms. The Morgan fingerprint density at radius 1 is 1.23 bits per heavy atom. The van der Waals surface area contributed by atoms with E-state index in [2.05, 4.69) is 37.9 Å². The van der Waals surface area contributed by atoms with Gasteiger partial charge in [-0.3, -0.25) is 9.48 Å². The van der Waals surface area contributed by atoms with E-state index in [1.54, 1.807) is 23.0 Å². The molecule has 3 N–H and O–H groups in total. The van der Waals surface area contributed by atoms with Gasteiger partial charge in [-0.1, -0.05) is 19.4 Å². The molecule has 0 unspecified atom stereocenters. The molecule has 2 aromatic heterocycles. The normalized spacial score (nSPS) is 12.8. The molecule has 0 spiro atoms. The number of carbonyl (C=O) groups excluding carboxylic acids is 2. The van der Waals surface area contributed by atoms with Crippen LogP contribution in [-0.4, -0.2) is 44.8 Å². The molecule has 160 valence electrons. The largest absolute Gasteiger partial charge is 0.349 e. The molecule has 1 aliphatic heterocycles. The van der Waals surface area contributed by atoms with E-state index in [9.17, 15) is 9.59 Å². The molecule has 0 saturated carbocycles. The molecule has 0 fully saturated rings. The number of aromatic nitrogens is 4. The van der Waals surface area contributed by atoms with Crippen molar-refractivity contribution in [2.75, 3.05) is 18.4 Å². The maximum atomic E-state index is 12.1. The van der Waals surface area contributed by atoms with Gasteiger partial charge in [0, 0.05) is 30.5 Å². The topological polar surface area (TPSA) is 114 Å². The highest BCUT2D eigenvalue weighted by Crippen LogP contribution is 2.26. The Bertz CT molecular complexity index is 1120. The number of urea groups is 1. The molecular weight excluding hydrogens is 394 g/mol. The van der Waals surface area contributed by atoms with Gasteiger partial charge in [-0.2, -0.15) is 5.10 Å². The summed E-state index contributed by atoms with van der Waals surface area (Å²) in [6.45, 7) is 5.88. The second kappa shape index (κ2) is 8.95. The Morgan fingerprint density at radius 3 is 2.90 bits per heavy atom. The number of fused-ring (bicyclic) bond motifs is 1. The Balaban J connectivity index is 1.59. The molecule has 0 radical (unpaired) electrons. The number of nitrogens with zero attached hydrogens (tertiary/aromatic N) is 4. The van der Waals surface area contributed by atoms with Crippen LogP contribution in [0.4, 0.5) is 10.5 Å². The summed E-state index contributed by atoms with van der Waals surface area (Å²) in [4.78, 5) is 33.2. The van der Waals surface area contributed by atoms with Gasteiger partial charge >= 0.3 is 6.03 Å². The first-order chi connectivity index (χ1) is 15.0. The van der Waals surface area contributed by atoms with E-state index in [-0.39, 0.29) is 11.9 Å². The fourth-order valence-electron chi connectivity index (χ4n) is 3.39. The fraction of sp³-hybridized carbons (Fsp3) is 0.318. The van der Waals surface area contributed by atoms with Crippen molar-refractivity contribution in [1.29, 1.82) is 0 Å². The fourth-order valence-corrected chi connectivity index (χ4v) is 3.39. The lowest BCUT2D eigenvalue weighted by atomic mass is 10.1. The summed E-state index contributed by atoms with van der Waals surface area (Å²) >= 11 is 0. The SMILES string of the molecule is CCCCNC(=O)Nc1ccc(C)c(-c2nccc(-c3cc4n(n3)CCNC4=O)n2)c1. The third-order valence-corrected chi connectivity index (χ3v) is 5.09. The number of aryl methyl sites for hydroxylation is 1. The van der Waals surface area contributed by atoms with Gasteiger partial charge in [0.1, 0.15) is 11.4 Å². The van der Waals surface area contributed by atoms with Crippen LogP contribution in [0.2, 0.25) is 0 Å². The molecule has 3 heterocycles. The van der Waals surface area contributed by atoms with Crippen molar-refractivity contribution in [3.05, 3.63) is 47.8 Å². The quantitative estimate of drug-likeness (QED) is 0.532. The second-order valence-electron chi connectivity index (χ2n) is 7.42. The van der Waals surface area contributed by atoms with E-state index in [1.807, 2.05) is 25.1 Å². The minimum absolute atomic E-state index is 0.133. The van der Waals surface area contributed by atoms with Crippen LogP contribution < -0.4 is 16.0 Å². The molecule has 0 atom stereocenters. The second-order valence-corrected chi connectivity index (χ2v) is 7.42. The van der Waals surface area contributed by atoms with Crippen LogP contribution in [0, 0.1) is 6.92 Å². The van der Waals surface area contributed by atoms with Crippen molar-refractivity contribution in [2.24, 2.45) is 0 Å². The van der Waals surface area contributed by atoms with E-state index >= 15 is 0 Å². The third-order valence-electron chi connectivity index (χ3n) is 5.09. The lowest BCUT2D eigenvalue weighted by Gasteiger charge is -2.13. The predicted molar refractivity (Wildman–Crippen MR) is 118 cm³/mol. The summed E-state index contributed by atoms with van der Waals surface area (Å²) in [6, 6.07) is 8.91. The molecule has 3 aromatic rings. The van der Waals surface area contributed by atoms with Gasteiger partial charge in [-0.05, 0) is 43.2 Å². The molecule has 1 aromatic carbocycles. The summed E-state index contributed by atoms with van der Waals surface area (Å²) < 4.78 is 1.70. The maximum Gasteiger partial charge on any atom is 0.319 e. The summed E-state index contributed by atoms with van der Waals surface area (Å²) in [5.41, 5.74) is 4.25. The van der Waals surface area contributed by atoms with Crippen LogP contribution in [0.3, 0.4) is 0 Å². The van der Waals surface area contributed by atoms with E-state index in [0.29, 0.717) is 48.2 Å². The van der Waals surface area contributed by atoms with Crippen LogP contribution in [-0.2, 0) is 6.54 Å². The van der Waals surface area contributed by atoms with Crippen molar-refractivity contribution >= 4 is 17.6 Å². The summed E-state index contributed by atoms with van der Waals surface area (Å²) in [7, 11) is 0. The zero-order valence-electron chi connectivity index (χ0n) is 17.6. The lowest BCUT2D eigenvalue weighted by Crippen LogP contribution is -2.35. The molecule has 31 heavy (non-hydrogen) atoms. The molecule has 9 heteroatoms. The van der Waals surface area contributed by atoms with Crippen LogP contribution in [0.1, 0.15) is 35.8 Å². The molecule has 3 amide bonds. The number of hydrogen-bond donors (Lipinski definition) is 3. The molecular formula is C22H25N7O2. The first-order valence-corrected chi connectivity index (χ1v) is 10.4. The van der Waals surface area contributed by atoms with Gasteiger partial charge in [0.05, 0.1) is 12.2 Å². The summed E-state index contributed by atoms with van der Waals surface area (Å²) in [6.07, 6.45) is 3.63. The highest BCUT2D eigenvalue weighted by atomic mass is 16.2. The molecule has 0 aliphatic carbocycles. The highest BCUT2D eigenvalue weighted by molar-refractivity contribution is 5.94. The van der Waals surface area contributed by atoms with E-state index in [4.69, 9.17) is 0 Å². The first-order valence-electron chi connectivity index (χ1n) is 10.4. The van der Waals surface area contributed by atoms with Crippen LogP contribution in [0.5, 0.6) is 0 Å². The first kappa shape index (κ1) is 20.5. The Morgan fingerprint density at radius 2 is 2.10 bits per heavy atom. The van der Waals surface area contributed by atoms with Gasteiger partial charge in [-0.15, -0.1) is 0 Å². The van der Waals surface area contributed by atoms with Crippen molar-refractivity contribution in [3.63, 3.8) is 0 Å². The van der Waals surface area contributed by atoms with Crippen molar-refractivity contribution in [1.82, 2.24) is 30.4 Å². The van der Waals surface area contributed by atoms with Gasteiger partial charge in [0.15, 0.2) is 5.82 Å². The Labute approximate surface area is 180 Å². The zero-order valence-corrected chi connectivity index (χ0v) is 17.6. The van der Waals surface area contributed by atoms with E-state index < -0.39 is 0 Å². The van der Waals surface area contributed by atoms with Crippen LogP contribution in [0.25, 0.3) is 22.8 Å². The van der Waals surface area contributed by atoms with Crippen LogP contribution >= 0.6 is 0 Å². The monoisotopic (exact) mass is 419 g/mol. The smallest absolute Gasteiger partial charge is 0.319 e. The molecule has 1 aliphatic rings.